The average molecular weight is 398 g/mol. The Hall–Kier alpha value is -2.64. The summed E-state index contributed by atoms with van der Waals surface area (Å²) in [6.45, 7) is 0.925. The summed E-state index contributed by atoms with van der Waals surface area (Å²) in [7, 11) is 4.06. The maximum Gasteiger partial charge on any atom is 0.263 e. The second kappa shape index (κ2) is 9.71. The van der Waals surface area contributed by atoms with E-state index < -0.39 is 11.5 Å². The molecule has 0 bridgehead atoms. The van der Waals surface area contributed by atoms with Gasteiger partial charge in [-0.25, -0.2) is 0 Å². The van der Waals surface area contributed by atoms with Crippen molar-refractivity contribution in [2.45, 2.75) is 44.2 Å². The van der Waals surface area contributed by atoms with Crippen LogP contribution in [0, 0.1) is 0 Å². The van der Waals surface area contributed by atoms with Crippen molar-refractivity contribution in [3.8, 4) is 0 Å². The van der Waals surface area contributed by atoms with Gasteiger partial charge in [-0.15, -0.1) is 0 Å². The van der Waals surface area contributed by atoms with Crippen molar-refractivity contribution in [2.75, 3.05) is 31.3 Å². The topological polar surface area (TPSA) is 103 Å². The third-order valence-electron chi connectivity index (χ3n) is 5.35. The first kappa shape index (κ1) is 21.1. The number of pyridine rings is 1. The van der Waals surface area contributed by atoms with Crippen LogP contribution >= 0.6 is 0 Å². The van der Waals surface area contributed by atoms with Gasteiger partial charge in [0.1, 0.15) is 5.56 Å². The van der Waals surface area contributed by atoms with Crippen molar-refractivity contribution in [3.63, 3.8) is 0 Å². The Morgan fingerprint density at radius 3 is 2.69 bits per heavy atom. The highest BCUT2D eigenvalue weighted by Gasteiger charge is 2.22. The van der Waals surface area contributed by atoms with Crippen molar-refractivity contribution in [1.29, 1.82) is 0 Å². The molecule has 1 saturated carbocycles. The van der Waals surface area contributed by atoms with Gasteiger partial charge in [0, 0.05) is 30.5 Å². The van der Waals surface area contributed by atoms with Gasteiger partial charge in [-0.3, -0.25) is 9.59 Å². The quantitative estimate of drug-likeness (QED) is 0.575. The van der Waals surface area contributed by atoms with E-state index in [2.05, 4.69) is 20.5 Å². The molecule has 7 heteroatoms. The maximum absolute atomic E-state index is 12.9. The lowest BCUT2D eigenvalue weighted by atomic mass is 9.91. The number of aromatic amines is 1. The summed E-state index contributed by atoms with van der Waals surface area (Å²) in [5.41, 5.74) is 8.08. The van der Waals surface area contributed by atoms with Gasteiger partial charge >= 0.3 is 0 Å². The van der Waals surface area contributed by atoms with Crippen molar-refractivity contribution in [2.24, 2.45) is 5.73 Å². The van der Waals surface area contributed by atoms with E-state index in [4.69, 9.17) is 5.73 Å². The van der Waals surface area contributed by atoms with Crippen LogP contribution < -0.4 is 21.9 Å². The lowest BCUT2D eigenvalue weighted by Gasteiger charge is -2.28. The van der Waals surface area contributed by atoms with E-state index in [0.29, 0.717) is 11.4 Å². The third-order valence-corrected chi connectivity index (χ3v) is 5.35. The molecule has 1 aromatic carbocycles. The van der Waals surface area contributed by atoms with Gasteiger partial charge in [-0.1, -0.05) is 12.1 Å². The van der Waals surface area contributed by atoms with Crippen molar-refractivity contribution in [3.05, 3.63) is 58.0 Å². The molecule has 1 fully saturated rings. The Labute approximate surface area is 171 Å². The van der Waals surface area contributed by atoms with Crippen LogP contribution in [0.5, 0.6) is 0 Å². The Bertz CT molecular complexity index is 885. The van der Waals surface area contributed by atoms with E-state index in [1.54, 1.807) is 12.3 Å². The van der Waals surface area contributed by atoms with Crippen molar-refractivity contribution in [1.82, 2.24) is 9.88 Å². The van der Waals surface area contributed by atoms with E-state index in [1.807, 2.05) is 38.4 Å². The van der Waals surface area contributed by atoms with Crippen LogP contribution in [0.15, 0.2) is 41.3 Å². The Kier molecular flexibility index (Phi) is 7.06. The van der Waals surface area contributed by atoms with Crippen LogP contribution in [0.2, 0.25) is 0 Å². The van der Waals surface area contributed by atoms with E-state index >= 15 is 0 Å². The highest BCUT2D eigenvalue weighted by molar-refractivity contribution is 6.07. The monoisotopic (exact) mass is 397 g/mol. The number of carbonyl (C=O) groups excluding carboxylic acids is 1. The first-order valence-electron chi connectivity index (χ1n) is 10.2. The van der Waals surface area contributed by atoms with Gasteiger partial charge < -0.3 is 26.3 Å². The number of amides is 1. The molecular formula is C22H31N5O2. The fraction of sp³-hybridized carbons (Fsp3) is 0.455. The van der Waals surface area contributed by atoms with Crippen LogP contribution in [0.3, 0.4) is 0 Å². The van der Waals surface area contributed by atoms with Crippen molar-refractivity contribution < 1.29 is 4.79 Å². The number of hydrogen-bond acceptors (Lipinski definition) is 5. The number of aromatic nitrogens is 1. The Balaban J connectivity index is 1.74. The number of nitrogens with one attached hydrogen (secondary N) is 3. The third kappa shape index (κ3) is 5.92. The predicted molar refractivity (Wildman–Crippen MR) is 118 cm³/mol. The Morgan fingerprint density at radius 1 is 1.21 bits per heavy atom. The summed E-state index contributed by atoms with van der Waals surface area (Å²) in [6.07, 6.45) is 6.22. The molecule has 1 aromatic heterocycles. The van der Waals surface area contributed by atoms with E-state index in [1.165, 1.54) is 0 Å². The van der Waals surface area contributed by atoms with Gasteiger partial charge in [0.25, 0.3) is 11.5 Å². The molecule has 5 N–H and O–H groups in total. The molecule has 156 valence electrons. The summed E-state index contributed by atoms with van der Waals surface area (Å²) < 4.78 is 0. The number of hydrogen-bond donors (Lipinski definition) is 4. The second-order valence-electron chi connectivity index (χ2n) is 8.06. The van der Waals surface area contributed by atoms with Gasteiger partial charge in [0.15, 0.2) is 0 Å². The van der Waals surface area contributed by atoms with Crippen molar-refractivity contribution >= 4 is 17.3 Å². The largest absolute Gasteiger partial charge is 0.381 e. The number of likely N-dealkylation sites (N-methyl/N-ethyl adjacent to an activating group) is 1. The molecular weight excluding hydrogens is 366 g/mol. The molecule has 0 saturated heterocycles. The fourth-order valence-electron chi connectivity index (χ4n) is 3.66. The number of anilines is 2. The molecule has 7 nitrogen and oxygen atoms in total. The SMILES string of the molecule is CN(C)CCc1cccc(NC(=O)c2c(NC3CCC(N)CC3)cc[nH]c2=O)c1. The zero-order chi connectivity index (χ0) is 20.8. The number of benzene rings is 1. The number of H-pyrrole nitrogens is 1. The summed E-state index contributed by atoms with van der Waals surface area (Å²) >= 11 is 0. The summed E-state index contributed by atoms with van der Waals surface area (Å²) in [5.74, 6) is -0.411. The van der Waals surface area contributed by atoms with E-state index in [-0.39, 0.29) is 17.6 Å². The summed E-state index contributed by atoms with van der Waals surface area (Å²) in [6, 6.07) is 9.96. The Morgan fingerprint density at radius 2 is 1.97 bits per heavy atom. The number of carbonyl (C=O) groups is 1. The number of nitrogens with zero attached hydrogens (tertiary/aromatic N) is 1. The smallest absolute Gasteiger partial charge is 0.263 e. The van der Waals surface area contributed by atoms with Gasteiger partial charge in [0.2, 0.25) is 0 Å². The molecule has 1 amide bonds. The molecule has 3 rings (SSSR count). The standard InChI is InChI=1S/C22H31N5O2/c1-27(2)13-11-15-4-3-5-18(14-15)26-22(29)20-19(10-12-24-21(20)28)25-17-8-6-16(23)7-9-17/h3-5,10,12,14,16-17H,6-9,11,13,23H2,1-2H3,(H,26,29)(H2,24,25,28). The van der Waals surface area contributed by atoms with Gasteiger partial charge in [-0.05, 0) is 70.0 Å². The zero-order valence-electron chi connectivity index (χ0n) is 17.2. The molecule has 29 heavy (non-hydrogen) atoms. The van der Waals surface area contributed by atoms with Crippen LogP contribution in [-0.4, -0.2) is 48.5 Å². The van der Waals surface area contributed by atoms with Crippen LogP contribution in [-0.2, 0) is 6.42 Å². The molecule has 0 aliphatic heterocycles. The zero-order valence-corrected chi connectivity index (χ0v) is 17.2. The van der Waals surface area contributed by atoms with Crippen LogP contribution in [0.4, 0.5) is 11.4 Å². The van der Waals surface area contributed by atoms with Crippen LogP contribution in [0.25, 0.3) is 0 Å². The first-order valence-corrected chi connectivity index (χ1v) is 10.2. The normalized spacial score (nSPS) is 19.2. The van der Waals surface area contributed by atoms with Gasteiger partial charge in [0.05, 0.1) is 5.69 Å². The number of rotatable bonds is 7. The fourth-order valence-corrected chi connectivity index (χ4v) is 3.66. The average Bonchev–Trinajstić information content (AvgIpc) is 2.68. The number of nitrogens with two attached hydrogens (primary N) is 1. The first-order chi connectivity index (χ1) is 13.9. The predicted octanol–water partition coefficient (Wildman–Crippen LogP) is 2.41. The molecule has 1 aliphatic carbocycles. The highest BCUT2D eigenvalue weighted by atomic mass is 16.2. The maximum atomic E-state index is 12.9. The highest BCUT2D eigenvalue weighted by Crippen LogP contribution is 2.23. The summed E-state index contributed by atoms with van der Waals surface area (Å²) in [4.78, 5) is 30.1. The molecule has 0 unspecified atom stereocenters. The second-order valence-corrected chi connectivity index (χ2v) is 8.06. The lowest BCUT2D eigenvalue weighted by Crippen LogP contribution is -2.34. The van der Waals surface area contributed by atoms with E-state index in [0.717, 1.165) is 44.2 Å². The molecule has 1 aliphatic rings. The minimum Gasteiger partial charge on any atom is -0.381 e. The molecule has 2 aromatic rings. The van der Waals surface area contributed by atoms with Crippen LogP contribution in [0.1, 0.15) is 41.6 Å². The van der Waals surface area contributed by atoms with Gasteiger partial charge in [-0.2, -0.15) is 0 Å². The summed E-state index contributed by atoms with van der Waals surface area (Å²) in [5, 5.41) is 6.26. The molecule has 0 radical (unpaired) electrons. The van der Waals surface area contributed by atoms with E-state index in [9.17, 15) is 9.59 Å². The minimum absolute atomic E-state index is 0.112. The molecule has 0 spiro atoms. The minimum atomic E-state index is -0.411. The molecule has 1 heterocycles. The lowest BCUT2D eigenvalue weighted by molar-refractivity contribution is 0.102. The molecule has 0 atom stereocenters.